The van der Waals surface area contributed by atoms with Crippen molar-refractivity contribution in [1.29, 1.82) is 0 Å². The monoisotopic (exact) mass is 537 g/mol. The molecule has 3 heterocycles. The van der Waals surface area contributed by atoms with Gasteiger partial charge in [-0.15, -0.1) is 0 Å². The summed E-state index contributed by atoms with van der Waals surface area (Å²) in [4.78, 5) is 24.2. The number of sulfonamides is 1. The third-order valence-corrected chi connectivity index (χ3v) is 6.58. The highest BCUT2D eigenvalue weighted by molar-refractivity contribution is 7.88. The minimum Gasteiger partial charge on any atom is -0.475 e. The fourth-order valence-corrected chi connectivity index (χ4v) is 5.33. The lowest BCUT2D eigenvalue weighted by Gasteiger charge is -2.45. The molecule has 9 nitrogen and oxygen atoms in total. The van der Waals surface area contributed by atoms with Gasteiger partial charge in [0.15, 0.2) is 0 Å². The molecule has 0 saturated carbocycles. The maximum absolute atomic E-state index is 12.1. The molecule has 1 atom stereocenters. The van der Waals surface area contributed by atoms with Crippen LogP contribution in [0, 0.1) is 0 Å². The molecule has 0 aromatic carbocycles. The number of piperidine rings is 1. The summed E-state index contributed by atoms with van der Waals surface area (Å²) in [5.41, 5.74) is 1.07. The molecule has 1 spiro atoms. The maximum Gasteiger partial charge on any atom is 0.490 e. The van der Waals surface area contributed by atoms with Gasteiger partial charge in [0, 0.05) is 37.6 Å². The number of pyridine rings is 1. The van der Waals surface area contributed by atoms with Crippen LogP contribution in [0.4, 0.5) is 26.3 Å². The molecule has 0 bridgehead atoms. The Balaban J connectivity index is 0.000000362. The number of nitrogens with zero attached hydrogens (tertiary/aromatic N) is 3. The van der Waals surface area contributed by atoms with Gasteiger partial charge in [0.2, 0.25) is 10.0 Å². The van der Waals surface area contributed by atoms with E-state index in [0.717, 1.165) is 45.3 Å². The van der Waals surface area contributed by atoms with Crippen LogP contribution >= 0.6 is 0 Å². The van der Waals surface area contributed by atoms with E-state index < -0.39 is 34.3 Å². The van der Waals surface area contributed by atoms with Crippen LogP contribution in [-0.2, 0) is 26.2 Å². The third-order valence-electron chi connectivity index (χ3n) is 5.21. The zero-order valence-electron chi connectivity index (χ0n) is 18.5. The van der Waals surface area contributed by atoms with Crippen molar-refractivity contribution in [3.05, 3.63) is 30.1 Å². The van der Waals surface area contributed by atoms with E-state index in [0.29, 0.717) is 6.54 Å². The number of aromatic nitrogens is 1. The average Bonchev–Trinajstić information content (AvgIpc) is 3.11. The van der Waals surface area contributed by atoms with Gasteiger partial charge in [-0.25, -0.2) is 18.0 Å². The first-order chi connectivity index (χ1) is 15.9. The molecule has 2 N–H and O–H groups in total. The quantitative estimate of drug-likeness (QED) is 0.564. The van der Waals surface area contributed by atoms with Crippen LogP contribution in [0.3, 0.4) is 0 Å². The summed E-state index contributed by atoms with van der Waals surface area (Å²) >= 11 is 0. The first-order valence-electron chi connectivity index (χ1n) is 10.1. The SMILES string of the molecule is CS(=O)(=O)N1CCCC12CCCN(Cc1ccncc1)C2.O=C(O)C(F)(F)F.O=C(O)C(F)(F)F. The molecule has 1 aromatic heterocycles. The Morgan fingerprint density at radius 3 is 1.80 bits per heavy atom. The van der Waals surface area contributed by atoms with E-state index >= 15 is 0 Å². The van der Waals surface area contributed by atoms with Crippen LogP contribution < -0.4 is 0 Å². The Kier molecular flexibility index (Phi) is 10.5. The van der Waals surface area contributed by atoms with E-state index in [9.17, 15) is 34.8 Å². The minimum atomic E-state index is -5.08. The molecule has 16 heteroatoms. The second-order valence-electron chi connectivity index (χ2n) is 7.94. The van der Waals surface area contributed by atoms with Gasteiger partial charge in [-0.2, -0.15) is 30.6 Å². The van der Waals surface area contributed by atoms with E-state index in [1.54, 1.807) is 4.31 Å². The Labute approximate surface area is 197 Å². The number of carbonyl (C=O) groups is 2. The highest BCUT2D eigenvalue weighted by atomic mass is 32.2. The standard InChI is InChI=1S/C15H23N3O2S.2C2HF3O2/c1-21(19,20)18-11-3-7-15(18)6-2-10-17(13-15)12-14-4-8-16-9-5-14;2*3-2(4,5)1(6)7/h4-5,8-9H,2-3,6-7,10-13H2,1H3;2*(H,6,7). The molecule has 2 aliphatic rings. The number of carboxylic acid groups (broad SMARTS) is 2. The van der Waals surface area contributed by atoms with Gasteiger partial charge in [0.1, 0.15) is 0 Å². The van der Waals surface area contributed by atoms with Gasteiger partial charge >= 0.3 is 24.3 Å². The first kappa shape index (κ1) is 30.6. The van der Waals surface area contributed by atoms with E-state index in [1.165, 1.54) is 11.8 Å². The zero-order chi connectivity index (χ0) is 27.1. The largest absolute Gasteiger partial charge is 0.490 e. The highest BCUT2D eigenvalue weighted by Gasteiger charge is 2.47. The number of halogens is 6. The molecule has 3 rings (SSSR count). The lowest BCUT2D eigenvalue weighted by Crippen LogP contribution is -2.56. The molecule has 2 aliphatic heterocycles. The summed E-state index contributed by atoms with van der Waals surface area (Å²) in [6.45, 7) is 3.45. The number of carboxylic acids is 2. The lowest BCUT2D eigenvalue weighted by molar-refractivity contribution is -0.193. The van der Waals surface area contributed by atoms with Crippen molar-refractivity contribution in [2.45, 2.75) is 50.1 Å². The Morgan fingerprint density at radius 1 is 0.971 bits per heavy atom. The molecule has 200 valence electrons. The highest BCUT2D eigenvalue weighted by Crippen LogP contribution is 2.39. The van der Waals surface area contributed by atoms with Gasteiger partial charge in [0.05, 0.1) is 6.26 Å². The van der Waals surface area contributed by atoms with E-state index in [4.69, 9.17) is 19.8 Å². The van der Waals surface area contributed by atoms with Gasteiger partial charge in [-0.05, 0) is 49.9 Å². The number of hydrogen-bond donors (Lipinski definition) is 2. The van der Waals surface area contributed by atoms with E-state index in [-0.39, 0.29) is 5.54 Å². The minimum absolute atomic E-state index is 0.168. The fraction of sp³-hybridized carbons (Fsp3) is 0.632. The average molecular weight is 537 g/mol. The second-order valence-corrected chi connectivity index (χ2v) is 9.85. The number of hydrogen-bond acceptors (Lipinski definition) is 6. The molecule has 2 saturated heterocycles. The molecular formula is C19H25F6N3O6S. The van der Waals surface area contributed by atoms with Gasteiger partial charge in [0.25, 0.3) is 0 Å². The number of alkyl halides is 6. The molecular weight excluding hydrogens is 512 g/mol. The number of rotatable bonds is 3. The molecule has 0 aliphatic carbocycles. The molecule has 0 amide bonds. The van der Waals surface area contributed by atoms with Gasteiger partial charge < -0.3 is 10.2 Å². The number of aliphatic carboxylic acids is 2. The van der Waals surface area contributed by atoms with Crippen LogP contribution in [0.1, 0.15) is 31.2 Å². The summed E-state index contributed by atoms with van der Waals surface area (Å²) in [5.74, 6) is -5.51. The summed E-state index contributed by atoms with van der Waals surface area (Å²) < 4.78 is 89.4. The van der Waals surface area contributed by atoms with Crippen LogP contribution in [0.2, 0.25) is 0 Å². The van der Waals surface area contributed by atoms with Crippen LogP contribution in [0.25, 0.3) is 0 Å². The second kappa shape index (κ2) is 12.0. The summed E-state index contributed by atoms with van der Waals surface area (Å²) in [6.07, 6.45) is -1.16. The van der Waals surface area contributed by atoms with Crippen molar-refractivity contribution in [2.75, 3.05) is 25.9 Å². The predicted molar refractivity (Wildman–Crippen MR) is 110 cm³/mol. The topological polar surface area (TPSA) is 128 Å². The van der Waals surface area contributed by atoms with Gasteiger partial charge in [-0.3, -0.25) is 9.88 Å². The van der Waals surface area contributed by atoms with E-state index in [2.05, 4.69) is 9.88 Å². The molecule has 0 radical (unpaired) electrons. The molecule has 1 aromatic rings. The van der Waals surface area contributed by atoms with E-state index in [1.807, 2.05) is 24.5 Å². The number of likely N-dealkylation sites (tertiary alicyclic amines) is 1. The van der Waals surface area contributed by atoms with Crippen molar-refractivity contribution in [3.63, 3.8) is 0 Å². The normalized spacial score (nSPS) is 21.5. The first-order valence-corrected chi connectivity index (χ1v) is 11.9. The zero-order valence-corrected chi connectivity index (χ0v) is 19.3. The van der Waals surface area contributed by atoms with Crippen LogP contribution in [-0.4, -0.2) is 88.5 Å². The van der Waals surface area contributed by atoms with Crippen molar-refractivity contribution in [2.24, 2.45) is 0 Å². The summed E-state index contributed by atoms with van der Waals surface area (Å²) in [7, 11) is -3.11. The Bertz CT molecular complexity index is 934. The molecule has 35 heavy (non-hydrogen) atoms. The third kappa shape index (κ3) is 9.97. The fourth-order valence-electron chi connectivity index (χ4n) is 3.93. The summed E-state index contributed by atoms with van der Waals surface area (Å²) in [5, 5.41) is 14.2. The smallest absolute Gasteiger partial charge is 0.475 e. The van der Waals surface area contributed by atoms with Crippen molar-refractivity contribution >= 4 is 22.0 Å². The van der Waals surface area contributed by atoms with Crippen molar-refractivity contribution in [3.8, 4) is 0 Å². The molecule has 1 unspecified atom stereocenters. The Hall–Kier alpha value is -2.46. The van der Waals surface area contributed by atoms with Crippen molar-refractivity contribution < 1.29 is 54.6 Å². The van der Waals surface area contributed by atoms with Crippen LogP contribution in [0.5, 0.6) is 0 Å². The van der Waals surface area contributed by atoms with Crippen LogP contribution in [0.15, 0.2) is 24.5 Å². The lowest BCUT2D eigenvalue weighted by atomic mass is 9.87. The van der Waals surface area contributed by atoms with Gasteiger partial charge in [-0.1, -0.05) is 0 Å². The maximum atomic E-state index is 12.1. The van der Waals surface area contributed by atoms with Crippen molar-refractivity contribution in [1.82, 2.24) is 14.2 Å². The summed E-state index contributed by atoms with van der Waals surface area (Å²) in [6, 6.07) is 4.06. The molecule has 2 fully saturated rings. The Morgan fingerprint density at radius 2 is 1.40 bits per heavy atom. The predicted octanol–water partition coefficient (Wildman–Crippen LogP) is 2.74.